The van der Waals surface area contributed by atoms with E-state index in [1.165, 1.54) is 19.1 Å². The van der Waals surface area contributed by atoms with E-state index in [0.717, 1.165) is 22.2 Å². The predicted octanol–water partition coefficient (Wildman–Crippen LogP) is 2.91. The molecule has 35 heavy (non-hydrogen) atoms. The maximum absolute atomic E-state index is 12.7. The highest BCUT2D eigenvalue weighted by atomic mass is 32.2. The Labute approximate surface area is 207 Å². The van der Waals surface area contributed by atoms with Crippen molar-refractivity contribution in [1.82, 2.24) is 10.2 Å². The first-order valence-corrected chi connectivity index (χ1v) is 11.8. The lowest BCUT2D eigenvalue weighted by atomic mass is 10.1. The molecule has 2 saturated heterocycles. The van der Waals surface area contributed by atoms with Crippen LogP contribution in [0, 0.1) is 5.92 Å². The molecule has 4 rings (SSSR count). The number of hydrogen-bond acceptors (Lipinski definition) is 7. The number of hydrogen-bond donors (Lipinski definition) is 1. The van der Waals surface area contributed by atoms with Crippen LogP contribution in [-0.4, -0.2) is 61.7 Å². The number of methoxy groups -OCH3 is 2. The van der Waals surface area contributed by atoms with Crippen molar-refractivity contribution in [2.45, 2.75) is 6.42 Å². The highest BCUT2D eigenvalue weighted by Gasteiger charge is 2.37. The summed E-state index contributed by atoms with van der Waals surface area (Å²) in [5.74, 6) is -0.362. The van der Waals surface area contributed by atoms with Crippen molar-refractivity contribution in [1.29, 1.82) is 0 Å². The van der Waals surface area contributed by atoms with Crippen molar-refractivity contribution in [3.05, 3.63) is 59.0 Å². The summed E-state index contributed by atoms with van der Waals surface area (Å²) in [5, 5.41) is 2.38. The second-order valence-corrected chi connectivity index (χ2v) is 8.97. The van der Waals surface area contributed by atoms with Crippen LogP contribution in [0.1, 0.15) is 12.0 Å². The third kappa shape index (κ3) is 5.32. The number of ether oxygens (including phenoxy) is 2. The molecule has 0 bridgehead atoms. The fraction of sp³-hybridized carbons (Fsp3) is 0.280. The minimum absolute atomic E-state index is 0.0548. The minimum atomic E-state index is -0.554. The molecule has 2 aromatic rings. The maximum Gasteiger partial charge on any atom is 0.293 e. The summed E-state index contributed by atoms with van der Waals surface area (Å²) in [7, 11) is 3.04. The maximum atomic E-state index is 12.7. The van der Waals surface area contributed by atoms with Gasteiger partial charge in [-0.15, -0.1) is 0 Å². The predicted molar refractivity (Wildman–Crippen MR) is 132 cm³/mol. The van der Waals surface area contributed by atoms with E-state index in [0.29, 0.717) is 22.1 Å². The van der Waals surface area contributed by atoms with E-state index in [9.17, 15) is 19.2 Å². The minimum Gasteiger partial charge on any atom is -0.497 e. The molecule has 2 aromatic carbocycles. The smallest absolute Gasteiger partial charge is 0.293 e. The molecule has 2 aliphatic heterocycles. The van der Waals surface area contributed by atoms with Crippen LogP contribution >= 0.6 is 11.8 Å². The summed E-state index contributed by atoms with van der Waals surface area (Å²) in [5.41, 5.74) is 1.40. The molecule has 0 aromatic heterocycles. The molecule has 0 radical (unpaired) electrons. The number of benzene rings is 2. The van der Waals surface area contributed by atoms with Gasteiger partial charge >= 0.3 is 0 Å². The van der Waals surface area contributed by atoms with Gasteiger partial charge in [-0.1, -0.05) is 30.3 Å². The molecular weight excluding hydrogens is 470 g/mol. The van der Waals surface area contributed by atoms with E-state index in [4.69, 9.17) is 9.47 Å². The molecule has 2 heterocycles. The summed E-state index contributed by atoms with van der Waals surface area (Å²) in [6, 6.07) is 14.4. The summed E-state index contributed by atoms with van der Waals surface area (Å²) in [4.78, 5) is 53.3. The van der Waals surface area contributed by atoms with E-state index < -0.39 is 5.92 Å². The monoisotopic (exact) mass is 495 g/mol. The van der Waals surface area contributed by atoms with Crippen LogP contribution < -0.4 is 19.7 Å². The van der Waals surface area contributed by atoms with Gasteiger partial charge in [0.15, 0.2) is 0 Å². The van der Waals surface area contributed by atoms with E-state index in [2.05, 4.69) is 5.32 Å². The lowest BCUT2D eigenvalue weighted by molar-refractivity contribution is -0.127. The molecule has 1 atom stereocenters. The molecule has 2 aliphatic rings. The van der Waals surface area contributed by atoms with Gasteiger partial charge in [0.25, 0.3) is 11.1 Å². The number of carbonyl (C=O) groups is 4. The van der Waals surface area contributed by atoms with E-state index in [1.807, 2.05) is 30.3 Å². The molecule has 182 valence electrons. The SMILES string of the molecule is COc1ccc(N2CC(C(=O)NCCN3C(=O)S/C(=C\c4ccccc4)C3=O)CC2=O)c(OC)c1. The zero-order valence-corrected chi connectivity index (χ0v) is 20.2. The molecule has 9 nitrogen and oxygen atoms in total. The zero-order valence-electron chi connectivity index (χ0n) is 19.4. The number of nitrogens with zero attached hydrogens (tertiary/aromatic N) is 2. The van der Waals surface area contributed by atoms with Crippen LogP contribution in [0.2, 0.25) is 0 Å². The quantitative estimate of drug-likeness (QED) is 0.562. The first-order valence-electron chi connectivity index (χ1n) is 11.0. The molecule has 0 spiro atoms. The van der Waals surface area contributed by atoms with Crippen molar-refractivity contribution < 1.29 is 28.7 Å². The molecule has 2 fully saturated rings. The van der Waals surface area contributed by atoms with E-state index >= 15 is 0 Å². The number of nitrogens with one attached hydrogen (secondary N) is 1. The Morgan fingerprint density at radius 2 is 1.89 bits per heavy atom. The van der Waals surface area contributed by atoms with Gasteiger partial charge < -0.3 is 19.7 Å². The summed E-state index contributed by atoms with van der Waals surface area (Å²) < 4.78 is 10.6. The van der Waals surface area contributed by atoms with Gasteiger partial charge in [0.05, 0.1) is 30.7 Å². The van der Waals surface area contributed by atoms with Crippen molar-refractivity contribution in [3.8, 4) is 11.5 Å². The first kappa shape index (κ1) is 24.3. The molecule has 1 unspecified atom stereocenters. The van der Waals surface area contributed by atoms with Gasteiger partial charge in [-0.3, -0.25) is 24.1 Å². The number of anilines is 1. The highest BCUT2D eigenvalue weighted by molar-refractivity contribution is 8.18. The highest BCUT2D eigenvalue weighted by Crippen LogP contribution is 2.36. The third-order valence-electron chi connectivity index (χ3n) is 5.78. The van der Waals surface area contributed by atoms with Crippen molar-refractivity contribution in [3.63, 3.8) is 0 Å². The first-order chi connectivity index (χ1) is 16.9. The molecule has 0 saturated carbocycles. The lowest BCUT2D eigenvalue weighted by Crippen LogP contribution is -2.40. The molecule has 10 heteroatoms. The second kappa shape index (κ2) is 10.6. The summed E-state index contributed by atoms with van der Waals surface area (Å²) in [6.45, 7) is 0.361. The fourth-order valence-electron chi connectivity index (χ4n) is 3.95. The molecular formula is C25H25N3O6S. The fourth-order valence-corrected chi connectivity index (χ4v) is 4.82. The Kier molecular flexibility index (Phi) is 7.40. The van der Waals surface area contributed by atoms with Crippen LogP contribution in [0.4, 0.5) is 10.5 Å². The van der Waals surface area contributed by atoms with Gasteiger partial charge in [-0.2, -0.15) is 0 Å². The van der Waals surface area contributed by atoms with E-state index in [-0.39, 0.29) is 49.0 Å². The number of imide groups is 1. The largest absolute Gasteiger partial charge is 0.497 e. The third-order valence-corrected chi connectivity index (χ3v) is 6.69. The Morgan fingerprint density at radius 3 is 2.60 bits per heavy atom. The number of carbonyl (C=O) groups excluding carboxylic acids is 4. The van der Waals surface area contributed by atoms with Gasteiger partial charge in [-0.05, 0) is 35.5 Å². The van der Waals surface area contributed by atoms with E-state index in [1.54, 1.807) is 24.3 Å². The molecule has 1 N–H and O–H groups in total. The summed E-state index contributed by atoms with van der Waals surface area (Å²) >= 11 is 0.879. The number of thioether (sulfide) groups is 1. The Hall–Kier alpha value is -3.79. The Morgan fingerprint density at radius 1 is 1.11 bits per heavy atom. The Balaban J connectivity index is 1.32. The topological polar surface area (TPSA) is 105 Å². The van der Waals surface area contributed by atoms with Crippen LogP contribution in [0.25, 0.3) is 6.08 Å². The van der Waals surface area contributed by atoms with Gasteiger partial charge in [0, 0.05) is 32.1 Å². The van der Waals surface area contributed by atoms with Crippen LogP contribution in [-0.2, 0) is 14.4 Å². The van der Waals surface area contributed by atoms with Gasteiger partial charge in [0.1, 0.15) is 11.5 Å². The average Bonchev–Trinajstić information content (AvgIpc) is 3.38. The van der Waals surface area contributed by atoms with Crippen molar-refractivity contribution in [2.75, 3.05) is 38.8 Å². The van der Waals surface area contributed by atoms with Crippen LogP contribution in [0.3, 0.4) is 0 Å². The standard InChI is InChI=1S/C25H25N3O6S/c1-33-18-8-9-19(20(14-18)34-2)28-15-17(13-22(28)29)23(30)26-10-11-27-24(31)21(35-25(27)32)12-16-6-4-3-5-7-16/h3-9,12,14,17H,10-11,13,15H2,1-2H3,(H,26,30)/b21-12-. The zero-order chi connectivity index (χ0) is 24.9. The normalized spacial score (nSPS) is 19.0. The molecule has 4 amide bonds. The molecule has 0 aliphatic carbocycles. The summed E-state index contributed by atoms with van der Waals surface area (Å²) in [6.07, 6.45) is 1.73. The van der Waals surface area contributed by atoms with Crippen molar-refractivity contribution in [2.24, 2.45) is 5.92 Å². The Bertz CT molecular complexity index is 1180. The van der Waals surface area contributed by atoms with Crippen LogP contribution in [0.15, 0.2) is 53.4 Å². The van der Waals surface area contributed by atoms with Crippen molar-refractivity contribution >= 4 is 46.5 Å². The van der Waals surface area contributed by atoms with Gasteiger partial charge in [0.2, 0.25) is 11.8 Å². The second-order valence-electron chi connectivity index (χ2n) is 7.98. The lowest BCUT2D eigenvalue weighted by Gasteiger charge is -2.20. The average molecular weight is 496 g/mol. The number of amides is 4. The van der Waals surface area contributed by atoms with Gasteiger partial charge in [-0.25, -0.2) is 0 Å². The van der Waals surface area contributed by atoms with Crippen LogP contribution in [0.5, 0.6) is 11.5 Å². The number of rotatable bonds is 8.